The van der Waals surface area contributed by atoms with Crippen molar-refractivity contribution in [3.63, 3.8) is 0 Å². The summed E-state index contributed by atoms with van der Waals surface area (Å²) in [6.07, 6.45) is 2.72. The number of thiophene rings is 1. The van der Waals surface area contributed by atoms with Crippen LogP contribution in [-0.2, 0) is 0 Å². The van der Waals surface area contributed by atoms with E-state index in [1.165, 1.54) is 22.9 Å². The van der Waals surface area contributed by atoms with E-state index in [-0.39, 0.29) is 0 Å². The Bertz CT molecular complexity index is 309. The molecule has 2 atom stereocenters. The highest BCUT2D eigenvalue weighted by atomic mass is 79.9. The average Bonchev–Trinajstić information content (AvgIpc) is 2.94. The van der Waals surface area contributed by atoms with Crippen molar-refractivity contribution in [2.45, 2.75) is 25.8 Å². The summed E-state index contributed by atoms with van der Waals surface area (Å²) in [5, 5.41) is 4.28. The van der Waals surface area contributed by atoms with Gasteiger partial charge in [0.1, 0.15) is 0 Å². The lowest BCUT2D eigenvalue weighted by Gasteiger charge is -2.22. The van der Waals surface area contributed by atoms with E-state index in [2.05, 4.69) is 39.0 Å². The molecule has 2 rings (SSSR count). The highest BCUT2D eigenvalue weighted by Crippen LogP contribution is 2.44. The molecule has 78 valence electrons. The predicted octanol–water partition coefficient (Wildman–Crippen LogP) is 3.06. The second-order valence-electron chi connectivity index (χ2n) is 4.02. The van der Waals surface area contributed by atoms with Crippen LogP contribution in [0.3, 0.4) is 0 Å². The van der Waals surface area contributed by atoms with Gasteiger partial charge in [-0.25, -0.2) is 0 Å². The van der Waals surface area contributed by atoms with Crippen LogP contribution in [0, 0.1) is 11.8 Å². The maximum absolute atomic E-state index is 5.63. The fourth-order valence-corrected chi connectivity index (χ4v) is 3.51. The van der Waals surface area contributed by atoms with Gasteiger partial charge in [-0.3, -0.25) is 11.3 Å². The molecule has 1 heterocycles. The number of nitrogens with two attached hydrogens (primary N) is 1. The summed E-state index contributed by atoms with van der Waals surface area (Å²) in [6.45, 7) is 2.28. The molecule has 1 fully saturated rings. The summed E-state index contributed by atoms with van der Waals surface area (Å²) in [6, 6.07) is 0.295. The third kappa shape index (κ3) is 2.03. The fraction of sp³-hybridized carbons (Fsp3) is 0.600. The summed E-state index contributed by atoms with van der Waals surface area (Å²) in [5.41, 5.74) is 4.25. The second kappa shape index (κ2) is 4.31. The van der Waals surface area contributed by atoms with Crippen LogP contribution in [0.15, 0.2) is 15.2 Å². The van der Waals surface area contributed by atoms with Gasteiger partial charge in [0.15, 0.2) is 0 Å². The minimum Gasteiger partial charge on any atom is -0.271 e. The molecular weight excluding hydrogens is 260 g/mol. The van der Waals surface area contributed by atoms with E-state index < -0.39 is 0 Å². The van der Waals surface area contributed by atoms with Gasteiger partial charge in [0, 0.05) is 9.85 Å². The zero-order valence-electron chi connectivity index (χ0n) is 8.16. The molecule has 0 radical (unpaired) electrons. The molecule has 0 spiro atoms. The number of hydrazine groups is 1. The summed E-state index contributed by atoms with van der Waals surface area (Å²) < 4.78 is 1.18. The Labute approximate surface area is 97.0 Å². The quantitative estimate of drug-likeness (QED) is 0.654. The summed E-state index contributed by atoms with van der Waals surface area (Å²) in [7, 11) is 0. The van der Waals surface area contributed by atoms with Crippen LogP contribution in [0.1, 0.15) is 31.4 Å². The van der Waals surface area contributed by atoms with E-state index in [9.17, 15) is 0 Å². The monoisotopic (exact) mass is 274 g/mol. The number of hydrogen-bond donors (Lipinski definition) is 2. The second-order valence-corrected chi connectivity index (χ2v) is 5.61. The van der Waals surface area contributed by atoms with Gasteiger partial charge in [0.25, 0.3) is 0 Å². The van der Waals surface area contributed by atoms with Crippen molar-refractivity contribution in [2.24, 2.45) is 17.7 Å². The smallest absolute Gasteiger partial charge is 0.0507 e. The lowest BCUT2D eigenvalue weighted by Crippen LogP contribution is -2.33. The maximum atomic E-state index is 5.63. The van der Waals surface area contributed by atoms with Gasteiger partial charge in [0.05, 0.1) is 6.04 Å². The van der Waals surface area contributed by atoms with Crippen LogP contribution in [0.4, 0.5) is 0 Å². The highest BCUT2D eigenvalue weighted by molar-refractivity contribution is 9.10. The summed E-state index contributed by atoms with van der Waals surface area (Å²) in [4.78, 5) is 0. The van der Waals surface area contributed by atoms with E-state index in [4.69, 9.17) is 5.84 Å². The molecule has 3 N–H and O–H groups in total. The minimum absolute atomic E-state index is 0.295. The van der Waals surface area contributed by atoms with E-state index in [1.807, 2.05) is 0 Å². The molecule has 4 heteroatoms. The SMILES string of the molecule is CC(C1CC1)C(NN)c1cscc1Br. The number of nitrogens with one attached hydrogen (secondary N) is 1. The zero-order valence-corrected chi connectivity index (χ0v) is 10.6. The fourth-order valence-electron chi connectivity index (χ4n) is 1.93. The molecule has 1 aliphatic carbocycles. The molecule has 0 amide bonds. The lowest BCUT2D eigenvalue weighted by molar-refractivity contribution is 0.354. The molecule has 0 saturated heterocycles. The first-order chi connectivity index (χ1) is 6.74. The Balaban J connectivity index is 2.16. The Morgan fingerprint density at radius 3 is 2.71 bits per heavy atom. The Morgan fingerprint density at radius 1 is 1.57 bits per heavy atom. The van der Waals surface area contributed by atoms with Crippen molar-refractivity contribution < 1.29 is 0 Å². The van der Waals surface area contributed by atoms with Gasteiger partial charge in [-0.1, -0.05) is 6.92 Å². The van der Waals surface area contributed by atoms with Crippen LogP contribution in [-0.4, -0.2) is 0 Å². The molecule has 1 aliphatic rings. The van der Waals surface area contributed by atoms with Crippen LogP contribution in [0.25, 0.3) is 0 Å². The largest absolute Gasteiger partial charge is 0.271 e. The zero-order chi connectivity index (χ0) is 10.1. The van der Waals surface area contributed by atoms with Gasteiger partial charge < -0.3 is 0 Å². The van der Waals surface area contributed by atoms with Gasteiger partial charge in [-0.2, -0.15) is 11.3 Å². The van der Waals surface area contributed by atoms with Gasteiger partial charge in [-0.05, 0) is 51.6 Å². The molecule has 1 aromatic heterocycles. The third-order valence-corrected chi connectivity index (χ3v) is 4.80. The normalized spacial score (nSPS) is 20.8. The van der Waals surface area contributed by atoms with Crippen molar-refractivity contribution >= 4 is 27.3 Å². The molecule has 14 heavy (non-hydrogen) atoms. The molecule has 0 aliphatic heterocycles. The number of halogens is 1. The summed E-state index contributed by atoms with van der Waals surface area (Å²) >= 11 is 5.28. The van der Waals surface area contributed by atoms with Crippen LogP contribution >= 0.6 is 27.3 Å². The molecule has 2 nitrogen and oxygen atoms in total. The lowest BCUT2D eigenvalue weighted by atomic mass is 9.93. The van der Waals surface area contributed by atoms with E-state index in [0.29, 0.717) is 12.0 Å². The van der Waals surface area contributed by atoms with Crippen LogP contribution in [0.2, 0.25) is 0 Å². The molecule has 1 aromatic rings. The van der Waals surface area contributed by atoms with E-state index in [1.54, 1.807) is 11.3 Å². The Hall–Kier alpha value is 0.100. The third-order valence-electron chi connectivity index (χ3n) is 3.05. The average molecular weight is 275 g/mol. The molecule has 0 bridgehead atoms. The molecule has 0 aromatic carbocycles. The topological polar surface area (TPSA) is 38.0 Å². The summed E-state index contributed by atoms with van der Waals surface area (Å²) in [5.74, 6) is 7.13. The van der Waals surface area contributed by atoms with Crippen molar-refractivity contribution in [3.8, 4) is 0 Å². The minimum atomic E-state index is 0.295. The maximum Gasteiger partial charge on any atom is 0.0507 e. The van der Waals surface area contributed by atoms with Gasteiger partial charge >= 0.3 is 0 Å². The number of rotatable bonds is 4. The van der Waals surface area contributed by atoms with E-state index in [0.717, 1.165) is 5.92 Å². The Kier molecular flexibility index (Phi) is 3.27. The van der Waals surface area contributed by atoms with Crippen molar-refractivity contribution in [3.05, 3.63) is 20.8 Å². The van der Waals surface area contributed by atoms with Gasteiger partial charge in [0.2, 0.25) is 0 Å². The number of hydrogen-bond acceptors (Lipinski definition) is 3. The Morgan fingerprint density at radius 2 is 2.29 bits per heavy atom. The highest BCUT2D eigenvalue weighted by Gasteiger charge is 2.34. The first-order valence-corrected chi connectivity index (χ1v) is 6.65. The van der Waals surface area contributed by atoms with E-state index >= 15 is 0 Å². The first kappa shape index (κ1) is 10.6. The van der Waals surface area contributed by atoms with Crippen molar-refractivity contribution in [2.75, 3.05) is 0 Å². The molecule has 1 saturated carbocycles. The van der Waals surface area contributed by atoms with Crippen molar-refractivity contribution in [1.82, 2.24) is 5.43 Å². The molecular formula is C10H15BrN2S. The first-order valence-electron chi connectivity index (χ1n) is 4.91. The van der Waals surface area contributed by atoms with Crippen LogP contribution in [0.5, 0.6) is 0 Å². The predicted molar refractivity (Wildman–Crippen MR) is 64.0 cm³/mol. The van der Waals surface area contributed by atoms with Crippen molar-refractivity contribution in [1.29, 1.82) is 0 Å². The van der Waals surface area contributed by atoms with Gasteiger partial charge in [-0.15, -0.1) is 0 Å². The van der Waals surface area contributed by atoms with Crippen LogP contribution < -0.4 is 11.3 Å². The molecule has 2 unspecified atom stereocenters. The standard InChI is InChI=1S/C10H15BrN2S/c1-6(7-2-3-7)10(13-12)8-4-14-5-9(8)11/h4-7,10,13H,2-3,12H2,1H3.